The van der Waals surface area contributed by atoms with Crippen LogP contribution in [-0.2, 0) is 0 Å². The lowest BCUT2D eigenvalue weighted by Crippen LogP contribution is -2.14. The molecule has 0 amide bonds. The zero-order valence-electron chi connectivity index (χ0n) is 13.2. The predicted octanol–water partition coefficient (Wildman–Crippen LogP) is 3.36. The molecule has 1 aromatic carbocycles. The molecule has 4 aromatic heterocycles. The Balaban J connectivity index is 2.04. The van der Waals surface area contributed by atoms with Crippen LogP contribution in [0.25, 0.3) is 43.8 Å². The number of hydrogen-bond acceptors (Lipinski definition) is 5. The molecule has 7 nitrogen and oxygen atoms in total. The van der Waals surface area contributed by atoms with Crippen molar-refractivity contribution in [2.45, 2.75) is 0 Å². The second-order valence-corrected chi connectivity index (χ2v) is 6.80. The molecule has 0 aliphatic heterocycles. The zero-order chi connectivity index (χ0) is 17.8. The quantitative estimate of drug-likeness (QED) is 0.369. The van der Waals surface area contributed by atoms with Crippen molar-refractivity contribution in [3.63, 3.8) is 0 Å². The molecule has 0 aliphatic rings. The van der Waals surface area contributed by atoms with Gasteiger partial charge < -0.3 is 10.7 Å². The maximum Gasteiger partial charge on any atom is 0.272 e. The molecule has 0 saturated carbocycles. The van der Waals surface area contributed by atoms with Crippen molar-refractivity contribution in [1.29, 1.82) is 0 Å². The van der Waals surface area contributed by atoms with Gasteiger partial charge in [0.2, 0.25) is 0 Å². The molecule has 0 radical (unpaired) electrons. The minimum absolute atomic E-state index is 0.142. The van der Waals surface area contributed by atoms with E-state index >= 15 is 0 Å². The van der Waals surface area contributed by atoms with Crippen LogP contribution in [0.5, 0.6) is 0 Å². The highest BCUT2D eigenvalue weighted by Crippen LogP contribution is 2.38. The molecule has 8 heteroatoms. The van der Waals surface area contributed by atoms with Crippen LogP contribution >= 0.6 is 15.9 Å². The molecule has 0 fully saturated rings. The topological polar surface area (TPSA) is 113 Å². The third kappa shape index (κ3) is 1.99. The fourth-order valence-electron chi connectivity index (χ4n) is 3.34. The number of nitrogens with one attached hydrogen (secondary N) is 2. The zero-order valence-corrected chi connectivity index (χ0v) is 14.8. The average Bonchev–Trinajstić information content (AvgIpc) is 3.13. The summed E-state index contributed by atoms with van der Waals surface area (Å²) in [4.78, 5) is 24.1. The number of nitrogen functional groups attached to an aromatic ring is 1. The van der Waals surface area contributed by atoms with Crippen LogP contribution in [-0.4, -0.2) is 25.1 Å². The van der Waals surface area contributed by atoms with E-state index in [0.717, 1.165) is 37.2 Å². The fourth-order valence-corrected chi connectivity index (χ4v) is 3.88. The highest BCUT2D eigenvalue weighted by Gasteiger charge is 2.18. The van der Waals surface area contributed by atoms with Crippen molar-refractivity contribution in [3.8, 4) is 11.1 Å². The first-order chi connectivity index (χ1) is 12.6. The lowest BCUT2D eigenvalue weighted by Gasteiger charge is -2.13. The van der Waals surface area contributed by atoms with Crippen LogP contribution in [0.2, 0.25) is 0 Å². The molecule has 0 saturated heterocycles. The normalized spacial score (nSPS) is 11.6. The Morgan fingerprint density at radius 2 is 2.00 bits per heavy atom. The van der Waals surface area contributed by atoms with E-state index in [0.29, 0.717) is 11.1 Å². The van der Waals surface area contributed by atoms with Gasteiger partial charge >= 0.3 is 0 Å². The Bertz CT molecular complexity index is 1390. The first kappa shape index (κ1) is 15.0. The number of nitrogens with two attached hydrogens (primary N) is 1. The number of fused-ring (bicyclic) bond motifs is 4. The van der Waals surface area contributed by atoms with Gasteiger partial charge in [-0.3, -0.25) is 19.9 Å². The van der Waals surface area contributed by atoms with Crippen LogP contribution in [0, 0.1) is 0 Å². The van der Waals surface area contributed by atoms with Crippen molar-refractivity contribution in [2.75, 3.05) is 5.73 Å². The SMILES string of the molecule is Nc1c(-c2cncc3[nH]ncc23)c2cc(Br)c3ncccc3c2[nH]c1=O. The maximum atomic E-state index is 12.6. The van der Waals surface area contributed by atoms with E-state index in [9.17, 15) is 4.79 Å². The van der Waals surface area contributed by atoms with Gasteiger partial charge in [-0.1, -0.05) is 0 Å². The Hall–Kier alpha value is -3.26. The second kappa shape index (κ2) is 5.37. The summed E-state index contributed by atoms with van der Waals surface area (Å²) in [6.07, 6.45) is 6.80. The Morgan fingerprint density at radius 3 is 2.88 bits per heavy atom. The highest BCUT2D eigenvalue weighted by molar-refractivity contribution is 9.10. The van der Waals surface area contributed by atoms with Crippen LogP contribution < -0.4 is 11.3 Å². The predicted molar refractivity (Wildman–Crippen MR) is 105 cm³/mol. The number of pyridine rings is 3. The number of anilines is 1. The molecular weight excluding hydrogens is 396 g/mol. The van der Waals surface area contributed by atoms with Crippen molar-refractivity contribution in [1.82, 2.24) is 25.1 Å². The molecule has 0 aliphatic carbocycles. The number of aromatic nitrogens is 5. The van der Waals surface area contributed by atoms with Gasteiger partial charge in [-0.25, -0.2) is 0 Å². The first-order valence-corrected chi connectivity index (χ1v) is 8.60. The molecular formula is C18H11BrN6O. The number of nitrogens with zero attached hydrogens (tertiary/aromatic N) is 3. The van der Waals surface area contributed by atoms with Gasteiger partial charge in [0.05, 0.1) is 28.9 Å². The third-order valence-corrected chi connectivity index (χ3v) is 5.11. The molecule has 4 heterocycles. The van der Waals surface area contributed by atoms with Crippen LogP contribution in [0.3, 0.4) is 0 Å². The van der Waals surface area contributed by atoms with Gasteiger partial charge in [-0.2, -0.15) is 5.10 Å². The van der Waals surface area contributed by atoms with Crippen molar-refractivity contribution < 1.29 is 0 Å². The van der Waals surface area contributed by atoms with E-state index in [1.807, 2.05) is 18.2 Å². The molecule has 26 heavy (non-hydrogen) atoms. The number of rotatable bonds is 1. The maximum absolute atomic E-state index is 12.6. The number of aromatic amines is 2. The lowest BCUT2D eigenvalue weighted by molar-refractivity contribution is 1.11. The highest BCUT2D eigenvalue weighted by atomic mass is 79.9. The van der Waals surface area contributed by atoms with Crippen molar-refractivity contribution in [3.05, 3.63) is 57.8 Å². The molecule has 0 unspecified atom stereocenters. The van der Waals surface area contributed by atoms with Gasteiger partial charge in [0, 0.05) is 44.2 Å². The summed E-state index contributed by atoms with van der Waals surface area (Å²) < 4.78 is 0.820. The molecule has 0 atom stereocenters. The second-order valence-electron chi connectivity index (χ2n) is 5.94. The Kier molecular flexibility index (Phi) is 3.10. The number of H-pyrrole nitrogens is 2. The molecule has 5 rings (SSSR count). The summed E-state index contributed by atoms with van der Waals surface area (Å²) in [5, 5.41) is 9.46. The summed E-state index contributed by atoms with van der Waals surface area (Å²) in [5.41, 5.74) is 9.61. The standard InChI is InChI=1S/C18H11BrN6O/c19-12-4-9-14(11-5-21-7-13-10(11)6-23-25-13)15(20)18(26)24-16(9)8-2-1-3-22-17(8)12/h1-7H,20H2,(H,23,25)(H,24,26). The Labute approximate surface area is 154 Å². The summed E-state index contributed by atoms with van der Waals surface area (Å²) >= 11 is 3.58. The van der Waals surface area contributed by atoms with E-state index in [-0.39, 0.29) is 11.2 Å². The van der Waals surface area contributed by atoms with Crippen LogP contribution in [0.15, 0.2) is 52.3 Å². The summed E-state index contributed by atoms with van der Waals surface area (Å²) in [7, 11) is 0. The fraction of sp³-hybridized carbons (Fsp3) is 0. The summed E-state index contributed by atoms with van der Waals surface area (Å²) in [6.45, 7) is 0. The molecule has 0 spiro atoms. The number of hydrogen-bond donors (Lipinski definition) is 3. The molecule has 126 valence electrons. The van der Waals surface area contributed by atoms with E-state index in [1.54, 1.807) is 24.8 Å². The number of benzene rings is 1. The van der Waals surface area contributed by atoms with E-state index < -0.39 is 0 Å². The van der Waals surface area contributed by atoms with E-state index in [2.05, 4.69) is 41.1 Å². The van der Waals surface area contributed by atoms with E-state index in [4.69, 9.17) is 5.73 Å². The molecule has 5 aromatic rings. The average molecular weight is 407 g/mol. The monoisotopic (exact) mass is 406 g/mol. The van der Waals surface area contributed by atoms with E-state index in [1.165, 1.54) is 0 Å². The van der Waals surface area contributed by atoms with Crippen molar-refractivity contribution >= 4 is 54.3 Å². The van der Waals surface area contributed by atoms with Gasteiger partial charge in [0.15, 0.2) is 0 Å². The molecule has 0 bridgehead atoms. The van der Waals surface area contributed by atoms with Gasteiger partial charge in [-0.05, 0) is 34.1 Å². The Morgan fingerprint density at radius 1 is 1.12 bits per heavy atom. The number of halogens is 1. The van der Waals surface area contributed by atoms with Gasteiger partial charge in [0.1, 0.15) is 5.69 Å². The smallest absolute Gasteiger partial charge is 0.272 e. The summed E-state index contributed by atoms with van der Waals surface area (Å²) in [5.74, 6) is 0. The third-order valence-electron chi connectivity index (χ3n) is 4.50. The van der Waals surface area contributed by atoms with Crippen LogP contribution in [0.1, 0.15) is 0 Å². The largest absolute Gasteiger partial charge is 0.394 e. The van der Waals surface area contributed by atoms with Gasteiger partial charge in [0.25, 0.3) is 5.56 Å². The minimum Gasteiger partial charge on any atom is -0.394 e. The minimum atomic E-state index is -0.347. The lowest BCUT2D eigenvalue weighted by atomic mass is 9.97. The van der Waals surface area contributed by atoms with Gasteiger partial charge in [-0.15, -0.1) is 0 Å². The first-order valence-electron chi connectivity index (χ1n) is 7.81. The molecule has 4 N–H and O–H groups in total. The summed E-state index contributed by atoms with van der Waals surface area (Å²) in [6, 6.07) is 5.67. The van der Waals surface area contributed by atoms with Crippen LogP contribution in [0.4, 0.5) is 5.69 Å². The van der Waals surface area contributed by atoms with Crippen molar-refractivity contribution in [2.24, 2.45) is 0 Å².